The van der Waals surface area contributed by atoms with Gasteiger partial charge in [0.25, 0.3) is 0 Å². The highest BCUT2D eigenvalue weighted by Crippen LogP contribution is 2.28. The van der Waals surface area contributed by atoms with E-state index in [0.29, 0.717) is 23.2 Å². The van der Waals surface area contributed by atoms with Crippen LogP contribution in [0.3, 0.4) is 0 Å². The molecule has 0 atom stereocenters. The number of carbonyl (C=O) groups excluding carboxylic acids is 1. The molecule has 0 bridgehead atoms. The number of hydrogen-bond acceptors (Lipinski definition) is 7. The minimum absolute atomic E-state index is 0.334. The summed E-state index contributed by atoms with van der Waals surface area (Å²) in [5, 5.41) is 4.08. The minimum Gasteiger partial charge on any atom is -0.462 e. The molecule has 2 aromatic heterocycles. The number of aromatic nitrogens is 2. The molecule has 0 saturated carbocycles. The molecule has 134 valence electrons. The Morgan fingerprint density at radius 1 is 1.27 bits per heavy atom. The summed E-state index contributed by atoms with van der Waals surface area (Å²) in [6.45, 7) is 2.82. The normalized spacial score (nSPS) is 10.5. The Hall–Kier alpha value is -2.09. The van der Waals surface area contributed by atoms with E-state index >= 15 is 0 Å². The molecule has 0 aliphatic rings. The summed E-state index contributed by atoms with van der Waals surface area (Å²) in [4.78, 5) is 22.2. The molecule has 0 aliphatic carbocycles. The first-order valence-corrected chi connectivity index (χ1v) is 9.90. The number of hydrogen-bond donors (Lipinski definition) is 1. The summed E-state index contributed by atoms with van der Waals surface area (Å²) in [5.74, 6) is -0.334. The van der Waals surface area contributed by atoms with E-state index in [2.05, 4.69) is 15.3 Å². The van der Waals surface area contributed by atoms with Crippen LogP contribution in [0.5, 0.6) is 0 Å². The third kappa shape index (κ3) is 5.20. The van der Waals surface area contributed by atoms with Gasteiger partial charge in [-0.1, -0.05) is 23.4 Å². The molecule has 1 aromatic carbocycles. The van der Waals surface area contributed by atoms with Crippen LogP contribution in [0.15, 0.2) is 58.7 Å². The number of halogens is 1. The summed E-state index contributed by atoms with van der Waals surface area (Å²) in [6, 6.07) is 11.4. The Bertz CT molecular complexity index is 884. The summed E-state index contributed by atoms with van der Waals surface area (Å²) in [5.41, 5.74) is 1.51. The molecule has 3 rings (SSSR count). The van der Waals surface area contributed by atoms with E-state index < -0.39 is 0 Å². The van der Waals surface area contributed by atoms with E-state index in [1.54, 1.807) is 31.5 Å². The van der Waals surface area contributed by atoms with Crippen molar-refractivity contribution in [1.29, 1.82) is 0 Å². The zero-order chi connectivity index (χ0) is 18.4. The van der Waals surface area contributed by atoms with Gasteiger partial charge in [0.1, 0.15) is 5.03 Å². The highest BCUT2D eigenvalue weighted by molar-refractivity contribution is 7.99. The van der Waals surface area contributed by atoms with E-state index in [0.717, 1.165) is 20.5 Å². The molecule has 1 N–H and O–H groups in total. The van der Waals surface area contributed by atoms with E-state index in [1.165, 1.54) is 23.1 Å². The Labute approximate surface area is 164 Å². The lowest BCUT2D eigenvalue weighted by Gasteiger charge is -2.07. The monoisotopic (exact) mass is 405 g/mol. The van der Waals surface area contributed by atoms with Crippen LogP contribution < -0.4 is 5.32 Å². The van der Waals surface area contributed by atoms with Crippen molar-refractivity contribution in [2.75, 3.05) is 11.9 Å². The minimum atomic E-state index is -0.334. The van der Waals surface area contributed by atoms with Crippen LogP contribution in [0.4, 0.5) is 5.69 Å². The number of rotatable bonds is 7. The van der Waals surface area contributed by atoms with Gasteiger partial charge < -0.3 is 10.1 Å². The topological polar surface area (TPSA) is 64.1 Å². The van der Waals surface area contributed by atoms with Gasteiger partial charge in [-0.25, -0.2) is 14.8 Å². The van der Waals surface area contributed by atoms with Crippen LogP contribution in [-0.2, 0) is 11.3 Å². The lowest BCUT2D eigenvalue weighted by molar-refractivity contribution is 0.0526. The molecule has 26 heavy (non-hydrogen) atoms. The third-order valence-corrected chi connectivity index (χ3v) is 5.37. The van der Waals surface area contributed by atoms with Crippen LogP contribution >= 0.6 is 34.7 Å². The van der Waals surface area contributed by atoms with Crippen LogP contribution in [-0.4, -0.2) is 22.5 Å². The molecule has 5 nitrogen and oxygen atoms in total. The van der Waals surface area contributed by atoms with E-state index in [-0.39, 0.29) is 5.97 Å². The fourth-order valence-corrected chi connectivity index (χ4v) is 3.85. The summed E-state index contributed by atoms with van der Waals surface area (Å²) < 4.78 is 5.56. The first-order chi connectivity index (χ1) is 12.6. The predicted octanol–water partition coefficient (Wildman–Crippen LogP) is 5.13. The number of pyridine rings is 1. The largest absolute Gasteiger partial charge is 0.462 e. The Morgan fingerprint density at radius 2 is 2.08 bits per heavy atom. The predicted molar refractivity (Wildman–Crippen MR) is 105 cm³/mol. The van der Waals surface area contributed by atoms with Crippen LogP contribution in [0.25, 0.3) is 0 Å². The fourth-order valence-electron chi connectivity index (χ4n) is 2.12. The molecular weight excluding hydrogens is 390 g/mol. The van der Waals surface area contributed by atoms with Gasteiger partial charge in [0.2, 0.25) is 0 Å². The standard InChI is InChI=1S/C18H16ClN3O2S2/c1-2-24-17(23)12-7-8-20-16(9-12)25-14-5-3-13(4-6-14)21-10-15-11-22-18(19)26-15/h3-9,11,21H,2,10H2,1H3. The lowest BCUT2D eigenvalue weighted by Crippen LogP contribution is -2.04. The fraction of sp³-hybridized carbons (Fsp3) is 0.167. The average molecular weight is 406 g/mol. The van der Waals surface area contributed by atoms with Gasteiger partial charge in [-0.3, -0.25) is 0 Å². The van der Waals surface area contributed by atoms with Gasteiger partial charge in [-0.05, 0) is 43.3 Å². The molecular formula is C18H16ClN3O2S2. The second-order valence-corrected chi connectivity index (χ2v) is 7.95. The zero-order valence-corrected chi connectivity index (χ0v) is 16.3. The summed E-state index contributed by atoms with van der Waals surface area (Å²) in [7, 11) is 0. The number of anilines is 1. The van der Waals surface area contributed by atoms with Crippen molar-refractivity contribution in [2.24, 2.45) is 0 Å². The van der Waals surface area contributed by atoms with Gasteiger partial charge in [-0.15, -0.1) is 11.3 Å². The van der Waals surface area contributed by atoms with Gasteiger partial charge in [-0.2, -0.15) is 0 Å². The Morgan fingerprint density at radius 3 is 2.77 bits per heavy atom. The van der Waals surface area contributed by atoms with Crippen LogP contribution in [0.2, 0.25) is 4.47 Å². The number of nitrogens with one attached hydrogen (secondary N) is 1. The highest BCUT2D eigenvalue weighted by Gasteiger charge is 2.08. The first-order valence-electron chi connectivity index (χ1n) is 7.89. The second-order valence-electron chi connectivity index (χ2n) is 5.16. The van der Waals surface area contributed by atoms with Gasteiger partial charge in [0, 0.05) is 27.9 Å². The highest BCUT2D eigenvalue weighted by atomic mass is 35.5. The van der Waals surface area contributed by atoms with E-state index in [1.807, 2.05) is 24.3 Å². The smallest absolute Gasteiger partial charge is 0.338 e. The summed E-state index contributed by atoms with van der Waals surface area (Å²) in [6.07, 6.45) is 3.39. The molecule has 3 aromatic rings. The van der Waals surface area contributed by atoms with Gasteiger partial charge in [0.15, 0.2) is 4.47 Å². The van der Waals surface area contributed by atoms with Crippen molar-refractivity contribution >= 4 is 46.4 Å². The zero-order valence-electron chi connectivity index (χ0n) is 13.9. The van der Waals surface area contributed by atoms with Crippen molar-refractivity contribution in [1.82, 2.24) is 9.97 Å². The maximum Gasteiger partial charge on any atom is 0.338 e. The van der Waals surface area contributed by atoms with Gasteiger partial charge in [0.05, 0.1) is 18.7 Å². The van der Waals surface area contributed by atoms with Crippen molar-refractivity contribution < 1.29 is 9.53 Å². The molecule has 0 aliphatic heterocycles. The number of benzene rings is 1. The number of carbonyl (C=O) groups is 1. The average Bonchev–Trinajstić information content (AvgIpc) is 3.07. The van der Waals surface area contributed by atoms with E-state index in [9.17, 15) is 4.79 Å². The van der Waals surface area contributed by atoms with E-state index in [4.69, 9.17) is 16.3 Å². The molecule has 0 spiro atoms. The molecule has 0 unspecified atom stereocenters. The SMILES string of the molecule is CCOC(=O)c1ccnc(Sc2ccc(NCc3cnc(Cl)s3)cc2)c1. The molecule has 0 fully saturated rings. The third-order valence-electron chi connectivity index (χ3n) is 3.31. The van der Waals surface area contributed by atoms with Gasteiger partial charge >= 0.3 is 5.97 Å². The first kappa shape index (κ1) is 18.7. The van der Waals surface area contributed by atoms with Crippen molar-refractivity contribution in [2.45, 2.75) is 23.4 Å². The molecule has 0 amide bonds. The van der Waals surface area contributed by atoms with Crippen molar-refractivity contribution in [3.8, 4) is 0 Å². The Balaban J connectivity index is 1.60. The number of ether oxygens (including phenoxy) is 1. The Kier molecular flexibility index (Phi) is 6.49. The number of esters is 1. The quantitative estimate of drug-likeness (QED) is 0.549. The number of thiazole rings is 1. The molecule has 2 heterocycles. The van der Waals surface area contributed by atoms with Crippen molar-refractivity contribution in [3.05, 3.63) is 63.7 Å². The van der Waals surface area contributed by atoms with Crippen molar-refractivity contribution in [3.63, 3.8) is 0 Å². The number of nitrogens with zero attached hydrogens (tertiary/aromatic N) is 2. The second kappa shape index (κ2) is 9.02. The summed E-state index contributed by atoms with van der Waals surface area (Å²) >= 11 is 8.78. The maximum absolute atomic E-state index is 11.8. The molecule has 0 saturated heterocycles. The van der Waals surface area contributed by atoms with Crippen LogP contribution in [0, 0.1) is 0 Å². The maximum atomic E-state index is 11.8. The lowest BCUT2D eigenvalue weighted by atomic mass is 10.3. The molecule has 0 radical (unpaired) electrons. The van der Waals surface area contributed by atoms with Crippen LogP contribution in [0.1, 0.15) is 22.2 Å². The molecule has 8 heteroatoms.